The Kier molecular flexibility index (Phi) is 22.0. The molecule has 0 unspecified atom stereocenters. The van der Waals surface area contributed by atoms with E-state index in [1.165, 1.54) is 52.0 Å². The van der Waals surface area contributed by atoms with E-state index in [0.29, 0.717) is 22.3 Å². The molecule has 0 aliphatic heterocycles. The second-order valence-electron chi connectivity index (χ2n) is 10.0. The molecule has 4 rings (SSSR count). The molecule has 0 amide bonds. The Balaban J connectivity index is 0.000000623. The van der Waals surface area contributed by atoms with E-state index < -0.39 is 0 Å². The molecule has 0 aliphatic rings. The van der Waals surface area contributed by atoms with Crippen LogP contribution >= 0.6 is 0 Å². The van der Waals surface area contributed by atoms with E-state index in [0.717, 1.165) is 0 Å². The van der Waals surface area contributed by atoms with Gasteiger partial charge in [0.15, 0.2) is 23.1 Å². The Labute approximate surface area is 305 Å². The maximum Gasteiger partial charge on any atom is 0.156 e. The molecule has 0 fully saturated rings. The van der Waals surface area contributed by atoms with E-state index in [2.05, 4.69) is 0 Å². The number of ketones is 4. The first-order chi connectivity index (χ1) is 22.8. The van der Waals surface area contributed by atoms with Crippen LogP contribution in [0.5, 0.6) is 0 Å². The van der Waals surface area contributed by atoms with Gasteiger partial charge in [0.25, 0.3) is 0 Å². The summed E-state index contributed by atoms with van der Waals surface area (Å²) in [4.78, 5) is 42.4. The molecular weight excluding hydrogens is 787 g/mol. The third kappa shape index (κ3) is 20.4. The number of hydrogen-bond donors (Lipinski definition) is 4. The number of aliphatic hydroxyl groups excluding tert-OH is 4. The quantitative estimate of drug-likeness (QED) is 0.0784. The molecular formula is C40H40HfO8. The van der Waals surface area contributed by atoms with Gasteiger partial charge < -0.3 is 20.4 Å². The van der Waals surface area contributed by atoms with Crippen LogP contribution in [0, 0.1) is 0 Å². The van der Waals surface area contributed by atoms with Crippen molar-refractivity contribution in [3.05, 3.63) is 168 Å². The molecule has 4 aromatic carbocycles. The van der Waals surface area contributed by atoms with Gasteiger partial charge in [-0.25, -0.2) is 0 Å². The first-order valence-corrected chi connectivity index (χ1v) is 14.7. The van der Waals surface area contributed by atoms with Gasteiger partial charge >= 0.3 is 0 Å². The molecule has 9 heteroatoms. The van der Waals surface area contributed by atoms with Gasteiger partial charge in [-0.15, -0.1) is 0 Å². The monoisotopic (exact) mass is 828 g/mol. The summed E-state index contributed by atoms with van der Waals surface area (Å²) in [5.41, 5.74) is 2.64. The van der Waals surface area contributed by atoms with Crippen molar-refractivity contribution in [2.45, 2.75) is 27.7 Å². The molecule has 0 aliphatic carbocycles. The van der Waals surface area contributed by atoms with Crippen LogP contribution in [0.1, 0.15) is 49.9 Å². The van der Waals surface area contributed by atoms with E-state index in [9.17, 15) is 39.6 Å². The van der Waals surface area contributed by atoms with Crippen LogP contribution in [0.15, 0.2) is 146 Å². The summed E-state index contributed by atoms with van der Waals surface area (Å²) in [5.74, 6) is -0.558. The molecule has 49 heavy (non-hydrogen) atoms. The SMILES string of the molecule is CC(=O)C=C(O)c1ccccc1.CC(=O)C=C(O)c1ccccc1.CC(=O)C=C(O)c1ccccc1.CC(=O)C=C(O)c1ccccc1.[Hf]. The molecule has 8 nitrogen and oxygen atoms in total. The van der Waals surface area contributed by atoms with Crippen LogP contribution in [0.3, 0.4) is 0 Å². The summed E-state index contributed by atoms with van der Waals surface area (Å²) in [6.45, 7) is 5.61. The van der Waals surface area contributed by atoms with Gasteiger partial charge in [0.1, 0.15) is 23.0 Å². The van der Waals surface area contributed by atoms with Crippen LogP contribution < -0.4 is 0 Å². The maximum atomic E-state index is 10.6. The molecule has 0 radical (unpaired) electrons. The van der Waals surface area contributed by atoms with Crippen molar-refractivity contribution >= 4 is 46.2 Å². The summed E-state index contributed by atoms with van der Waals surface area (Å²) in [6.07, 6.45) is 4.81. The van der Waals surface area contributed by atoms with E-state index >= 15 is 0 Å². The number of hydrogen-bond acceptors (Lipinski definition) is 8. The first kappa shape index (κ1) is 43.6. The third-order valence-electron chi connectivity index (χ3n) is 5.64. The van der Waals surface area contributed by atoms with Crippen LogP contribution in [-0.4, -0.2) is 43.6 Å². The van der Waals surface area contributed by atoms with Gasteiger partial charge in [-0.3, -0.25) is 19.2 Å². The van der Waals surface area contributed by atoms with Crippen molar-refractivity contribution in [2.75, 3.05) is 0 Å². The average molecular weight is 827 g/mol. The summed E-state index contributed by atoms with van der Waals surface area (Å²) in [5, 5.41) is 37.3. The summed E-state index contributed by atoms with van der Waals surface area (Å²) in [6, 6.07) is 35.8. The fourth-order valence-electron chi connectivity index (χ4n) is 3.54. The first-order valence-electron chi connectivity index (χ1n) is 14.7. The Bertz CT molecular complexity index is 1460. The molecule has 0 aromatic heterocycles. The maximum absolute atomic E-state index is 10.6. The predicted molar refractivity (Wildman–Crippen MR) is 191 cm³/mol. The van der Waals surface area contributed by atoms with Crippen LogP contribution in [0.2, 0.25) is 0 Å². The zero-order valence-electron chi connectivity index (χ0n) is 27.8. The van der Waals surface area contributed by atoms with Crippen LogP contribution in [-0.2, 0) is 45.0 Å². The number of benzene rings is 4. The van der Waals surface area contributed by atoms with Crippen LogP contribution in [0.25, 0.3) is 23.0 Å². The largest absolute Gasteiger partial charge is 0.507 e. The fraction of sp³-hybridized carbons (Fsp3) is 0.100. The second kappa shape index (κ2) is 24.7. The Hall–Kier alpha value is -5.41. The van der Waals surface area contributed by atoms with Gasteiger partial charge in [0.2, 0.25) is 0 Å². The number of rotatable bonds is 8. The smallest absolute Gasteiger partial charge is 0.156 e. The summed E-state index contributed by atoms with van der Waals surface area (Å²) < 4.78 is 0. The van der Waals surface area contributed by atoms with Crippen molar-refractivity contribution in [3.8, 4) is 0 Å². The Morgan fingerprint density at radius 3 is 0.612 bits per heavy atom. The van der Waals surface area contributed by atoms with E-state index in [4.69, 9.17) is 0 Å². The molecule has 252 valence electrons. The fourth-order valence-corrected chi connectivity index (χ4v) is 3.54. The Morgan fingerprint density at radius 2 is 0.490 bits per heavy atom. The van der Waals surface area contributed by atoms with Gasteiger partial charge in [-0.2, -0.15) is 0 Å². The molecule has 0 atom stereocenters. The van der Waals surface area contributed by atoms with Crippen molar-refractivity contribution in [1.82, 2.24) is 0 Å². The topological polar surface area (TPSA) is 149 Å². The summed E-state index contributed by atoms with van der Waals surface area (Å²) in [7, 11) is 0. The second-order valence-corrected chi connectivity index (χ2v) is 10.0. The number of aliphatic hydroxyl groups is 4. The van der Waals surface area contributed by atoms with Gasteiger partial charge in [-0.05, 0) is 27.7 Å². The molecule has 0 bridgehead atoms. The number of carbonyl (C=O) groups excluding carboxylic acids is 4. The van der Waals surface area contributed by atoms with Crippen molar-refractivity contribution in [3.63, 3.8) is 0 Å². The molecule has 4 N–H and O–H groups in total. The van der Waals surface area contributed by atoms with Gasteiger partial charge in [0, 0.05) is 72.4 Å². The van der Waals surface area contributed by atoms with Crippen molar-refractivity contribution in [2.24, 2.45) is 0 Å². The predicted octanol–water partition coefficient (Wildman–Crippen LogP) is 8.70. The zero-order chi connectivity index (χ0) is 35.9. The van der Waals surface area contributed by atoms with E-state index in [-0.39, 0.29) is 72.0 Å². The van der Waals surface area contributed by atoms with Crippen molar-refractivity contribution in [1.29, 1.82) is 0 Å². The number of carbonyl (C=O) groups is 4. The normalized spacial score (nSPS) is 11.0. The molecule has 0 spiro atoms. The Morgan fingerprint density at radius 1 is 0.347 bits per heavy atom. The third-order valence-corrected chi connectivity index (χ3v) is 5.64. The standard InChI is InChI=1S/4C10H10O2.Hf/c4*1-8(11)7-10(12)9-5-3-2-4-6-9;/h4*2-7,12H,1H3;. The minimum absolute atomic E-state index is 0. The van der Waals surface area contributed by atoms with Crippen molar-refractivity contribution < 1.29 is 65.4 Å². The average Bonchev–Trinajstić information content (AvgIpc) is 3.06. The van der Waals surface area contributed by atoms with Gasteiger partial charge in [-0.1, -0.05) is 121 Å². The van der Waals surface area contributed by atoms with E-state index in [1.807, 2.05) is 24.3 Å². The van der Waals surface area contributed by atoms with Gasteiger partial charge in [0.05, 0.1) is 0 Å². The molecule has 0 heterocycles. The van der Waals surface area contributed by atoms with E-state index in [1.54, 1.807) is 97.1 Å². The molecule has 4 aromatic rings. The minimum Gasteiger partial charge on any atom is -0.507 e. The molecule has 0 saturated carbocycles. The molecule has 0 saturated heterocycles. The zero-order valence-corrected chi connectivity index (χ0v) is 31.4. The van der Waals surface area contributed by atoms with Crippen LogP contribution in [0.4, 0.5) is 0 Å². The number of allylic oxidation sites excluding steroid dienone is 4. The summed E-state index contributed by atoms with van der Waals surface area (Å²) >= 11 is 0. The minimum atomic E-state index is -0.156.